The van der Waals surface area contributed by atoms with Crippen LogP contribution in [0.3, 0.4) is 0 Å². The quantitative estimate of drug-likeness (QED) is 0.924. The highest BCUT2D eigenvalue weighted by Gasteiger charge is 2.25. The summed E-state index contributed by atoms with van der Waals surface area (Å²) in [6, 6.07) is 3.54. The van der Waals surface area contributed by atoms with Crippen molar-refractivity contribution in [2.24, 2.45) is 5.92 Å². The third kappa shape index (κ3) is 3.94. The molecule has 1 aromatic heterocycles. The SMILES string of the molecule is COCC1CCCN(C(=O)c2cc(N)nc(C(C)C)c2)C1. The fourth-order valence-corrected chi connectivity index (χ4v) is 2.80. The number of carbonyl (C=O) groups is 1. The first-order valence-electron chi connectivity index (χ1n) is 7.57. The standard InChI is InChI=1S/C16H25N3O2/c1-11(2)14-7-13(8-15(17)18-14)16(20)19-6-4-5-12(9-19)10-21-3/h7-8,11-12H,4-6,9-10H2,1-3H3,(H2,17,18). The Balaban J connectivity index is 2.15. The molecule has 0 radical (unpaired) electrons. The maximum atomic E-state index is 12.7. The number of nitrogens with zero attached hydrogens (tertiary/aromatic N) is 2. The van der Waals surface area contributed by atoms with Gasteiger partial charge in [-0.2, -0.15) is 0 Å². The van der Waals surface area contributed by atoms with Crippen molar-refractivity contribution in [3.8, 4) is 0 Å². The zero-order valence-electron chi connectivity index (χ0n) is 13.1. The van der Waals surface area contributed by atoms with Crippen molar-refractivity contribution in [2.45, 2.75) is 32.6 Å². The normalized spacial score (nSPS) is 19.0. The lowest BCUT2D eigenvalue weighted by molar-refractivity contribution is 0.0570. The van der Waals surface area contributed by atoms with E-state index in [1.165, 1.54) is 0 Å². The van der Waals surface area contributed by atoms with E-state index in [1.807, 2.05) is 24.8 Å². The van der Waals surface area contributed by atoms with Gasteiger partial charge in [0.05, 0.1) is 6.61 Å². The molecule has 1 saturated heterocycles. The van der Waals surface area contributed by atoms with Crippen molar-refractivity contribution >= 4 is 11.7 Å². The van der Waals surface area contributed by atoms with Crippen molar-refractivity contribution in [1.82, 2.24) is 9.88 Å². The lowest BCUT2D eigenvalue weighted by atomic mass is 9.98. The van der Waals surface area contributed by atoms with Crippen molar-refractivity contribution in [3.63, 3.8) is 0 Å². The van der Waals surface area contributed by atoms with Crippen LogP contribution in [0, 0.1) is 5.92 Å². The molecule has 0 spiro atoms. The van der Waals surface area contributed by atoms with Gasteiger partial charge < -0.3 is 15.4 Å². The second kappa shape index (κ2) is 6.89. The van der Waals surface area contributed by atoms with E-state index in [2.05, 4.69) is 4.98 Å². The van der Waals surface area contributed by atoms with E-state index >= 15 is 0 Å². The number of hydrogen-bond acceptors (Lipinski definition) is 4. The molecule has 1 fully saturated rings. The summed E-state index contributed by atoms with van der Waals surface area (Å²) in [5.41, 5.74) is 7.35. The maximum Gasteiger partial charge on any atom is 0.254 e. The summed E-state index contributed by atoms with van der Waals surface area (Å²) >= 11 is 0. The highest BCUT2D eigenvalue weighted by Crippen LogP contribution is 2.21. The molecule has 2 heterocycles. The van der Waals surface area contributed by atoms with Gasteiger partial charge >= 0.3 is 0 Å². The maximum absolute atomic E-state index is 12.7. The number of carbonyl (C=O) groups excluding carboxylic acids is 1. The van der Waals surface area contributed by atoms with Gasteiger partial charge in [0, 0.05) is 31.5 Å². The first kappa shape index (κ1) is 15.8. The van der Waals surface area contributed by atoms with Gasteiger partial charge in [-0.1, -0.05) is 13.8 Å². The molecule has 5 nitrogen and oxygen atoms in total. The third-order valence-electron chi connectivity index (χ3n) is 3.91. The van der Waals surface area contributed by atoms with Crippen LogP contribution in [0.15, 0.2) is 12.1 Å². The summed E-state index contributed by atoms with van der Waals surface area (Å²) in [5, 5.41) is 0. The topological polar surface area (TPSA) is 68.5 Å². The number of likely N-dealkylation sites (tertiary alicyclic amines) is 1. The molecule has 1 aliphatic rings. The van der Waals surface area contributed by atoms with Gasteiger partial charge in [0.25, 0.3) is 5.91 Å². The number of aromatic nitrogens is 1. The number of pyridine rings is 1. The minimum absolute atomic E-state index is 0.0480. The van der Waals surface area contributed by atoms with Crippen molar-refractivity contribution in [2.75, 3.05) is 32.5 Å². The fourth-order valence-electron chi connectivity index (χ4n) is 2.80. The summed E-state index contributed by atoms with van der Waals surface area (Å²) in [4.78, 5) is 18.9. The molecule has 1 unspecified atom stereocenters. The number of anilines is 1. The Morgan fingerprint density at radius 3 is 2.95 bits per heavy atom. The summed E-state index contributed by atoms with van der Waals surface area (Å²) in [7, 11) is 1.71. The van der Waals surface area contributed by atoms with Crippen LogP contribution in [0.4, 0.5) is 5.82 Å². The second-order valence-corrected chi connectivity index (χ2v) is 6.08. The molecule has 1 amide bonds. The molecular weight excluding hydrogens is 266 g/mol. The van der Waals surface area contributed by atoms with Crippen molar-refractivity contribution in [3.05, 3.63) is 23.4 Å². The van der Waals surface area contributed by atoms with Gasteiger partial charge in [0.15, 0.2) is 0 Å². The van der Waals surface area contributed by atoms with Crippen molar-refractivity contribution in [1.29, 1.82) is 0 Å². The molecule has 0 aromatic carbocycles. The molecule has 1 atom stereocenters. The van der Waals surface area contributed by atoms with Crippen LogP contribution in [-0.4, -0.2) is 42.6 Å². The van der Waals surface area contributed by atoms with E-state index in [0.717, 1.165) is 31.6 Å². The van der Waals surface area contributed by atoms with Crippen LogP contribution < -0.4 is 5.73 Å². The Hall–Kier alpha value is -1.62. The van der Waals surface area contributed by atoms with Crippen molar-refractivity contribution < 1.29 is 9.53 Å². The molecule has 1 aliphatic heterocycles. The first-order chi connectivity index (χ1) is 10.0. The van der Waals surface area contributed by atoms with Crippen LogP contribution in [0.2, 0.25) is 0 Å². The Bertz CT molecular complexity index is 500. The predicted molar refractivity (Wildman–Crippen MR) is 83.2 cm³/mol. The number of ether oxygens (including phenoxy) is 1. The number of rotatable bonds is 4. The van der Waals surface area contributed by atoms with Gasteiger partial charge in [-0.05, 0) is 36.8 Å². The highest BCUT2D eigenvalue weighted by atomic mass is 16.5. The molecule has 0 bridgehead atoms. The number of nitrogens with two attached hydrogens (primary N) is 1. The van der Waals surface area contributed by atoms with E-state index in [1.54, 1.807) is 13.2 Å². The van der Waals surface area contributed by atoms with Crippen LogP contribution in [0.5, 0.6) is 0 Å². The van der Waals surface area contributed by atoms with Gasteiger partial charge in [-0.3, -0.25) is 4.79 Å². The Kier molecular flexibility index (Phi) is 5.17. The minimum Gasteiger partial charge on any atom is -0.384 e. The number of hydrogen-bond donors (Lipinski definition) is 1. The summed E-state index contributed by atoms with van der Waals surface area (Å²) < 4.78 is 5.22. The monoisotopic (exact) mass is 291 g/mol. The highest BCUT2D eigenvalue weighted by molar-refractivity contribution is 5.95. The molecule has 0 saturated carbocycles. The minimum atomic E-state index is 0.0480. The molecular formula is C16H25N3O2. The largest absolute Gasteiger partial charge is 0.384 e. The molecule has 21 heavy (non-hydrogen) atoms. The van der Waals surface area contributed by atoms with E-state index in [0.29, 0.717) is 23.9 Å². The smallest absolute Gasteiger partial charge is 0.254 e. The predicted octanol–water partition coefficient (Wildman–Crippen LogP) is 2.29. The molecule has 5 heteroatoms. The number of nitrogen functional groups attached to an aromatic ring is 1. The zero-order valence-corrected chi connectivity index (χ0v) is 13.1. The van der Waals surface area contributed by atoms with Crippen LogP contribution in [0.1, 0.15) is 48.7 Å². The third-order valence-corrected chi connectivity index (χ3v) is 3.91. The lowest BCUT2D eigenvalue weighted by Gasteiger charge is -2.32. The zero-order chi connectivity index (χ0) is 15.4. The number of amides is 1. The summed E-state index contributed by atoms with van der Waals surface area (Å²) in [5.74, 6) is 1.14. The van der Waals surface area contributed by atoms with Crippen LogP contribution >= 0.6 is 0 Å². The summed E-state index contributed by atoms with van der Waals surface area (Å²) in [6.45, 7) is 6.36. The van der Waals surface area contributed by atoms with Gasteiger partial charge in [-0.15, -0.1) is 0 Å². The molecule has 116 valence electrons. The Labute approximate surface area is 126 Å². The van der Waals surface area contributed by atoms with Crippen LogP contribution in [0.25, 0.3) is 0 Å². The van der Waals surface area contributed by atoms with Gasteiger partial charge in [0.2, 0.25) is 0 Å². The average molecular weight is 291 g/mol. The lowest BCUT2D eigenvalue weighted by Crippen LogP contribution is -2.41. The number of methoxy groups -OCH3 is 1. The van der Waals surface area contributed by atoms with Crippen LogP contribution in [-0.2, 0) is 4.74 Å². The van der Waals surface area contributed by atoms with E-state index < -0.39 is 0 Å². The van der Waals surface area contributed by atoms with Gasteiger partial charge in [0.1, 0.15) is 5.82 Å². The first-order valence-corrected chi connectivity index (χ1v) is 7.57. The number of piperidine rings is 1. The van der Waals surface area contributed by atoms with E-state index in [-0.39, 0.29) is 11.8 Å². The molecule has 1 aromatic rings. The Morgan fingerprint density at radius 2 is 2.29 bits per heavy atom. The average Bonchev–Trinajstić information content (AvgIpc) is 2.46. The Morgan fingerprint density at radius 1 is 1.52 bits per heavy atom. The van der Waals surface area contributed by atoms with E-state index in [4.69, 9.17) is 10.5 Å². The fraction of sp³-hybridized carbons (Fsp3) is 0.625. The summed E-state index contributed by atoms with van der Waals surface area (Å²) in [6.07, 6.45) is 2.14. The van der Waals surface area contributed by atoms with Gasteiger partial charge in [-0.25, -0.2) is 4.98 Å². The molecule has 2 N–H and O–H groups in total. The molecule has 2 rings (SSSR count). The molecule has 0 aliphatic carbocycles. The second-order valence-electron chi connectivity index (χ2n) is 6.08. The van der Waals surface area contributed by atoms with E-state index in [9.17, 15) is 4.79 Å².